The van der Waals surface area contributed by atoms with E-state index in [0.29, 0.717) is 38.8 Å². The third-order valence-electron chi connectivity index (χ3n) is 5.23. The maximum atomic E-state index is 13.5. The van der Waals surface area contributed by atoms with Gasteiger partial charge in [-0.3, -0.25) is 9.89 Å². The van der Waals surface area contributed by atoms with Crippen molar-refractivity contribution >= 4 is 33.5 Å². The summed E-state index contributed by atoms with van der Waals surface area (Å²) in [5, 5.41) is 16.1. The van der Waals surface area contributed by atoms with Crippen molar-refractivity contribution in [2.75, 3.05) is 21.3 Å². The van der Waals surface area contributed by atoms with Gasteiger partial charge in [-0.1, -0.05) is 30.3 Å². The van der Waals surface area contributed by atoms with Gasteiger partial charge in [0.05, 0.1) is 32.7 Å². The molecule has 0 unspecified atom stereocenters. The van der Waals surface area contributed by atoms with Crippen molar-refractivity contribution in [3.05, 3.63) is 69.8 Å². The number of hydrogen-bond acceptors (Lipinski definition) is 10. The van der Waals surface area contributed by atoms with Gasteiger partial charge in [0.15, 0.2) is 17.2 Å². The summed E-state index contributed by atoms with van der Waals surface area (Å²) in [4.78, 5) is 22.3. The van der Waals surface area contributed by atoms with Gasteiger partial charge >= 0.3 is 5.56 Å². The summed E-state index contributed by atoms with van der Waals surface area (Å²) >= 11 is 2.65. The highest BCUT2D eigenvalue weighted by atomic mass is 32.1. The number of benzene rings is 2. The number of H-pyrrole nitrogens is 1. The van der Waals surface area contributed by atoms with Crippen molar-refractivity contribution in [2.45, 2.75) is 0 Å². The zero-order chi connectivity index (χ0) is 25.1. The second-order valence-corrected chi connectivity index (χ2v) is 9.00. The molecule has 182 valence electrons. The summed E-state index contributed by atoms with van der Waals surface area (Å²) in [5.74, 6) is 1.30. The number of azo groups is 1. The zero-order valence-corrected chi connectivity index (χ0v) is 21.1. The normalized spacial score (nSPS) is 11.2. The molecule has 10 nitrogen and oxygen atoms in total. The standard InChI is InChI=1S/C24H20N6O4S2/c1-32-17-11-15(12-18(33-2)21(17)34-3)19-20(27-28-23-25-9-10-35-23)22(31)30(29-19)24-26-16(13-36-24)14-7-5-4-6-8-14/h4-13,29H,1-3H3. The molecule has 0 saturated carbocycles. The van der Waals surface area contributed by atoms with Gasteiger partial charge in [-0.25, -0.2) is 9.97 Å². The van der Waals surface area contributed by atoms with Crippen molar-refractivity contribution in [1.82, 2.24) is 19.7 Å². The fraction of sp³-hybridized carbons (Fsp3) is 0.125. The molecular formula is C24H20N6O4S2. The molecule has 0 amide bonds. The molecule has 36 heavy (non-hydrogen) atoms. The van der Waals surface area contributed by atoms with Crippen LogP contribution in [0.25, 0.3) is 27.6 Å². The van der Waals surface area contributed by atoms with Crippen LogP contribution in [0.2, 0.25) is 0 Å². The van der Waals surface area contributed by atoms with Crippen LogP contribution in [0.15, 0.2) is 74.4 Å². The van der Waals surface area contributed by atoms with E-state index in [0.717, 1.165) is 11.3 Å². The quantitative estimate of drug-likeness (QED) is 0.256. The van der Waals surface area contributed by atoms with Gasteiger partial charge in [-0.2, -0.15) is 4.68 Å². The topological polar surface area (TPSA) is 116 Å². The Labute approximate surface area is 213 Å². The molecule has 5 rings (SSSR count). The van der Waals surface area contributed by atoms with Crippen LogP contribution in [0.4, 0.5) is 10.8 Å². The Hall–Kier alpha value is -4.29. The smallest absolute Gasteiger partial charge is 0.301 e. The Balaban J connectivity index is 1.67. The summed E-state index contributed by atoms with van der Waals surface area (Å²) < 4.78 is 17.8. The minimum absolute atomic E-state index is 0.0935. The molecule has 0 bridgehead atoms. The molecule has 0 aliphatic rings. The van der Waals surface area contributed by atoms with Crippen LogP contribution in [0.5, 0.6) is 17.2 Å². The van der Waals surface area contributed by atoms with Gasteiger partial charge in [0.1, 0.15) is 0 Å². The minimum Gasteiger partial charge on any atom is -0.493 e. The lowest BCUT2D eigenvalue weighted by Crippen LogP contribution is -2.13. The van der Waals surface area contributed by atoms with E-state index in [1.807, 2.05) is 35.7 Å². The predicted molar refractivity (Wildman–Crippen MR) is 139 cm³/mol. The van der Waals surface area contributed by atoms with E-state index < -0.39 is 5.56 Å². The lowest BCUT2D eigenvalue weighted by atomic mass is 10.1. The Bertz CT molecular complexity index is 1550. The third-order valence-corrected chi connectivity index (χ3v) is 6.71. The first kappa shape index (κ1) is 23.5. The highest BCUT2D eigenvalue weighted by Gasteiger charge is 2.22. The van der Waals surface area contributed by atoms with Gasteiger partial charge < -0.3 is 14.2 Å². The largest absolute Gasteiger partial charge is 0.493 e. The van der Waals surface area contributed by atoms with Gasteiger partial charge in [0.25, 0.3) is 0 Å². The number of rotatable bonds is 8. The second kappa shape index (κ2) is 10.1. The first-order chi connectivity index (χ1) is 17.6. The molecule has 0 aliphatic heterocycles. The lowest BCUT2D eigenvalue weighted by molar-refractivity contribution is 0.324. The molecule has 0 atom stereocenters. The van der Waals surface area contributed by atoms with E-state index in [1.54, 1.807) is 23.7 Å². The van der Waals surface area contributed by atoms with E-state index in [4.69, 9.17) is 14.2 Å². The van der Waals surface area contributed by atoms with Crippen LogP contribution in [-0.4, -0.2) is 41.1 Å². The Kier molecular flexibility index (Phi) is 6.60. The molecule has 0 spiro atoms. The van der Waals surface area contributed by atoms with E-state index in [2.05, 4.69) is 25.3 Å². The average Bonchev–Trinajstić information content (AvgIpc) is 3.68. The first-order valence-corrected chi connectivity index (χ1v) is 12.4. The molecule has 2 aromatic carbocycles. The number of methoxy groups -OCH3 is 3. The third kappa shape index (κ3) is 4.39. The van der Waals surface area contributed by atoms with Crippen LogP contribution in [0, 0.1) is 0 Å². The summed E-state index contributed by atoms with van der Waals surface area (Å²) in [7, 11) is 4.58. The zero-order valence-electron chi connectivity index (χ0n) is 19.5. The van der Waals surface area contributed by atoms with Crippen LogP contribution < -0.4 is 19.8 Å². The molecule has 3 heterocycles. The maximum Gasteiger partial charge on any atom is 0.301 e. The molecule has 3 aromatic heterocycles. The van der Waals surface area contributed by atoms with Gasteiger partial charge in [0, 0.05) is 28.1 Å². The van der Waals surface area contributed by atoms with Crippen molar-refractivity contribution in [1.29, 1.82) is 0 Å². The summed E-state index contributed by atoms with van der Waals surface area (Å²) in [5.41, 5.74) is 2.40. The van der Waals surface area contributed by atoms with Crippen LogP contribution >= 0.6 is 22.7 Å². The number of nitrogens with zero attached hydrogens (tertiary/aromatic N) is 5. The molecule has 0 aliphatic carbocycles. The fourth-order valence-corrected chi connectivity index (χ4v) is 4.79. The second-order valence-electron chi connectivity index (χ2n) is 7.29. The van der Waals surface area contributed by atoms with Crippen molar-refractivity contribution < 1.29 is 14.2 Å². The molecule has 5 aromatic rings. The minimum atomic E-state index is -0.409. The number of aromatic nitrogens is 4. The summed E-state index contributed by atoms with van der Waals surface area (Å²) in [6, 6.07) is 13.2. The van der Waals surface area contributed by atoms with E-state index in [-0.39, 0.29) is 5.69 Å². The number of hydrogen-bond donors (Lipinski definition) is 1. The SMILES string of the molecule is COc1cc(-c2[nH]n(-c3nc(-c4ccccc4)cs3)c(=O)c2N=Nc2nccs2)cc(OC)c1OC. The van der Waals surface area contributed by atoms with Crippen LogP contribution in [-0.2, 0) is 0 Å². The average molecular weight is 521 g/mol. The Morgan fingerprint density at radius 2 is 1.69 bits per heavy atom. The molecule has 0 saturated heterocycles. The van der Waals surface area contributed by atoms with Gasteiger partial charge in [-0.05, 0) is 12.1 Å². The molecule has 1 N–H and O–H groups in total. The molecule has 12 heteroatoms. The van der Waals surface area contributed by atoms with Crippen LogP contribution in [0.3, 0.4) is 0 Å². The summed E-state index contributed by atoms with van der Waals surface area (Å²) in [6.45, 7) is 0. The fourth-order valence-electron chi connectivity index (χ4n) is 3.55. The van der Waals surface area contributed by atoms with E-state index in [9.17, 15) is 4.79 Å². The molecule has 0 fully saturated rings. The monoisotopic (exact) mass is 520 g/mol. The number of nitrogens with one attached hydrogen (secondary N) is 1. The van der Waals surface area contributed by atoms with E-state index >= 15 is 0 Å². The number of ether oxygens (including phenoxy) is 3. The van der Waals surface area contributed by atoms with E-state index in [1.165, 1.54) is 48.7 Å². The predicted octanol–water partition coefficient (Wildman–Crippen LogP) is 5.85. The number of thiazole rings is 2. The Morgan fingerprint density at radius 3 is 2.33 bits per heavy atom. The highest BCUT2D eigenvalue weighted by molar-refractivity contribution is 7.13. The Morgan fingerprint density at radius 1 is 0.944 bits per heavy atom. The van der Waals surface area contributed by atoms with Crippen LogP contribution in [0.1, 0.15) is 0 Å². The van der Waals surface area contributed by atoms with Crippen molar-refractivity contribution in [3.63, 3.8) is 0 Å². The summed E-state index contributed by atoms with van der Waals surface area (Å²) in [6.07, 6.45) is 1.62. The molecule has 0 radical (unpaired) electrons. The maximum absolute atomic E-state index is 13.5. The van der Waals surface area contributed by atoms with Gasteiger partial charge in [0.2, 0.25) is 16.0 Å². The molecular weight excluding hydrogens is 500 g/mol. The van der Waals surface area contributed by atoms with Gasteiger partial charge in [-0.15, -0.1) is 32.9 Å². The van der Waals surface area contributed by atoms with Crippen molar-refractivity contribution in [3.8, 4) is 44.9 Å². The number of aromatic amines is 1. The first-order valence-electron chi connectivity index (χ1n) is 10.6. The lowest BCUT2D eigenvalue weighted by Gasteiger charge is -2.13. The highest BCUT2D eigenvalue weighted by Crippen LogP contribution is 2.42. The van der Waals surface area contributed by atoms with Crippen molar-refractivity contribution in [2.24, 2.45) is 10.2 Å².